The highest BCUT2D eigenvalue weighted by molar-refractivity contribution is 7.89. The smallest absolute Gasteiger partial charge is 0.258 e. The van der Waals surface area contributed by atoms with E-state index in [9.17, 15) is 13.2 Å². The summed E-state index contributed by atoms with van der Waals surface area (Å²) < 4.78 is 27.7. The third kappa shape index (κ3) is 5.14. The van der Waals surface area contributed by atoms with Crippen LogP contribution >= 0.6 is 0 Å². The fourth-order valence-electron chi connectivity index (χ4n) is 3.60. The molecule has 0 unspecified atom stereocenters. The van der Waals surface area contributed by atoms with Crippen molar-refractivity contribution in [2.45, 2.75) is 4.90 Å². The van der Waals surface area contributed by atoms with Gasteiger partial charge in [0, 0.05) is 30.0 Å². The van der Waals surface area contributed by atoms with Crippen LogP contribution in [0.25, 0.3) is 11.3 Å². The van der Waals surface area contributed by atoms with Gasteiger partial charge in [-0.05, 0) is 50.0 Å². The molecule has 0 bridgehead atoms. The van der Waals surface area contributed by atoms with Gasteiger partial charge in [-0.15, -0.1) is 0 Å². The highest BCUT2D eigenvalue weighted by atomic mass is 32.2. The van der Waals surface area contributed by atoms with Crippen LogP contribution in [0.2, 0.25) is 0 Å². The first kappa shape index (κ1) is 22.7. The van der Waals surface area contributed by atoms with Crippen LogP contribution in [0.3, 0.4) is 0 Å². The Bertz CT molecular complexity index is 1280. The molecule has 1 heterocycles. The number of likely N-dealkylation sites (N-methyl/N-ethyl adjacent to an activating group) is 1. The van der Waals surface area contributed by atoms with E-state index in [1.165, 1.54) is 0 Å². The topological polar surface area (TPSA) is 90.5 Å². The number of carbonyl (C=O) groups excluding carboxylic acids is 1. The fraction of sp³-hybridized carbons (Fsp3) is 0.160. The monoisotopic (exact) mass is 462 g/mol. The third-order valence-electron chi connectivity index (χ3n) is 5.27. The van der Waals surface area contributed by atoms with Gasteiger partial charge in [-0.1, -0.05) is 48.5 Å². The lowest BCUT2D eigenvalue weighted by Gasteiger charge is -2.15. The number of fused-ring (bicyclic) bond motifs is 1. The zero-order chi connectivity index (χ0) is 23.4. The molecule has 0 spiro atoms. The number of para-hydroxylation sites is 1. The van der Waals surface area contributed by atoms with Crippen molar-refractivity contribution in [3.8, 4) is 0 Å². The van der Waals surface area contributed by atoms with E-state index in [1.807, 2.05) is 73.6 Å². The van der Waals surface area contributed by atoms with Crippen LogP contribution in [-0.4, -0.2) is 46.4 Å². The van der Waals surface area contributed by atoms with Gasteiger partial charge >= 0.3 is 0 Å². The minimum Gasteiger partial charge on any atom is -0.354 e. The van der Waals surface area contributed by atoms with Gasteiger partial charge in [-0.2, -0.15) is 0 Å². The second-order valence-electron chi connectivity index (χ2n) is 7.97. The molecule has 0 saturated heterocycles. The van der Waals surface area contributed by atoms with Crippen LogP contribution < -0.4 is 15.4 Å². The van der Waals surface area contributed by atoms with Gasteiger partial charge in [0.05, 0.1) is 16.2 Å². The van der Waals surface area contributed by atoms with Crippen molar-refractivity contribution in [1.82, 2.24) is 9.62 Å². The summed E-state index contributed by atoms with van der Waals surface area (Å²) in [6, 6.07) is 23.6. The lowest BCUT2D eigenvalue weighted by Crippen LogP contribution is -2.31. The Hall–Kier alpha value is -3.46. The summed E-state index contributed by atoms with van der Waals surface area (Å²) in [6.07, 6.45) is 0. The molecule has 0 aliphatic carbocycles. The quantitative estimate of drug-likeness (QED) is 0.446. The summed E-state index contributed by atoms with van der Waals surface area (Å²) in [6.45, 7) is 0.935. The lowest BCUT2D eigenvalue weighted by molar-refractivity contribution is -0.110. The number of amides is 1. The molecule has 0 aromatic heterocycles. The van der Waals surface area contributed by atoms with Crippen molar-refractivity contribution in [3.63, 3.8) is 0 Å². The van der Waals surface area contributed by atoms with Crippen molar-refractivity contribution in [2.75, 3.05) is 37.8 Å². The Balaban J connectivity index is 1.66. The van der Waals surface area contributed by atoms with E-state index < -0.39 is 10.0 Å². The molecule has 0 fully saturated rings. The minimum absolute atomic E-state index is 0.185. The molecule has 1 amide bonds. The first-order valence-electron chi connectivity index (χ1n) is 10.6. The number of benzene rings is 3. The molecule has 7 nitrogen and oxygen atoms in total. The average molecular weight is 463 g/mol. The number of rotatable bonds is 8. The number of nitrogens with one attached hydrogen (secondary N) is 3. The van der Waals surface area contributed by atoms with E-state index in [2.05, 4.69) is 15.4 Å². The Labute approximate surface area is 194 Å². The van der Waals surface area contributed by atoms with Crippen LogP contribution in [0.15, 0.2) is 83.8 Å². The van der Waals surface area contributed by atoms with Crippen molar-refractivity contribution in [3.05, 3.63) is 90.0 Å². The first-order valence-corrected chi connectivity index (χ1v) is 12.1. The number of carbonyl (C=O) groups is 1. The molecule has 3 aromatic rings. The zero-order valence-corrected chi connectivity index (χ0v) is 19.3. The maximum atomic E-state index is 12.9. The largest absolute Gasteiger partial charge is 0.354 e. The van der Waals surface area contributed by atoms with Gasteiger partial charge in [-0.3, -0.25) is 4.79 Å². The maximum absolute atomic E-state index is 12.9. The molecule has 0 saturated carbocycles. The summed E-state index contributed by atoms with van der Waals surface area (Å²) >= 11 is 0. The summed E-state index contributed by atoms with van der Waals surface area (Å²) in [5.74, 6) is -0.188. The highest BCUT2D eigenvalue weighted by Gasteiger charge is 2.28. The predicted molar refractivity (Wildman–Crippen MR) is 132 cm³/mol. The van der Waals surface area contributed by atoms with Crippen molar-refractivity contribution in [2.24, 2.45) is 0 Å². The van der Waals surface area contributed by atoms with Gasteiger partial charge < -0.3 is 15.5 Å². The molecule has 0 radical (unpaired) electrons. The Kier molecular flexibility index (Phi) is 6.60. The molecular weight excluding hydrogens is 436 g/mol. The number of hydrogen-bond donors (Lipinski definition) is 3. The average Bonchev–Trinajstić information content (AvgIpc) is 3.13. The molecule has 1 aliphatic rings. The summed E-state index contributed by atoms with van der Waals surface area (Å²) in [5, 5.41) is 6.25. The fourth-order valence-corrected chi connectivity index (χ4v) is 4.62. The van der Waals surface area contributed by atoms with Gasteiger partial charge in [0.2, 0.25) is 10.0 Å². The SMILES string of the molecule is CN(C)CCNS(=O)(=O)c1ccc(NC(=C2C(=O)Nc3ccccc32)c2ccccc2)cc1. The maximum Gasteiger partial charge on any atom is 0.258 e. The van der Waals surface area contributed by atoms with Gasteiger partial charge in [-0.25, -0.2) is 13.1 Å². The summed E-state index contributed by atoms with van der Waals surface area (Å²) in [4.78, 5) is 15.0. The van der Waals surface area contributed by atoms with E-state index in [1.54, 1.807) is 24.3 Å². The number of sulfonamides is 1. The van der Waals surface area contributed by atoms with E-state index in [0.29, 0.717) is 30.0 Å². The molecular formula is C25H26N4O3S. The van der Waals surface area contributed by atoms with Crippen LogP contribution in [0.4, 0.5) is 11.4 Å². The van der Waals surface area contributed by atoms with E-state index >= 15 is 0 Å². The molecule has 0 atom stereocenters. The molecule has 33 heavy (non-hydrogen) atoms. The summed E-state index contributed by atoms with van der Waals surface area (Å²) in [5.41, 5.74) is 4.29. The van der Waals surface area contributed by atoms with E-state index in [-0.39, 0.29) is 10.8 Å². The molecule has 170 valence electrons. The van der Waals surface area contributed by atoms with Crippen LogP contribution in [0.5, 0.6) is 0 Å². The first-order chi connectivity index (χ1) is 15.8. The molecule has 1 aliphatic heterocycles. The Morgan fingerprint density at radius 2 is 1.58 bits per heavy atom. The predicted octanol–water partition coefficient (Wildman–Crippen LogP) is 3.46. The Morgan fingerprint density at radius 1 is 0.909 bits per heavy atom. The highest BCUT2D eigenvalue weighted by Crippen LogP contribution is 2.37. The van der Waals surface area contributed by atoms with Crippen molar-refractivity contribution < 1.29 is 13.2 Å². The van der Waals surface area contributed by atoms with Crippen molar-refractivity contribution in [1.29, 1.82) is 0 Å². The van der Waals surface area contributed by atoms with Crippen LogP contribution in [0, 0.1) is 0 Å². The lowest BCUT2D eigenvalue weighted by atomic mass is 10.00. The Morgan fingerprint density at radius 3 is 2.27 bits per heavy atom. The van der Waals surface area contributed by atoms with Gasteiger partial charge in [0.25, 0.3) is 5.91 Å². The number of nitrogens with zero attached hydrogens (tertiary/aromatic N) is 1. The third-order valence-corrected chi connectivity index (χ3v) is 6.75. The van der Waals surface area contributed by atoms with Crippen molar-refractivity contribution >= 4 is 38.6 Å². The zero-order valence-electron chi connectivity index (χ0n) is 18.5. The second-order valence-corrected chi connectivity index (χ2v) is 9.73. The van der Waals surface area contributed by atoms with Crippen LogP contribution in [-0.2, 0) is 14.8 Å². The van der Waals surface area contributed by atoms with E-state index in [0.717, 1.165) is 16.8 Å². The normalized spacial score (nSPS) is 14.7. The van der Waals surface area contributed by atoms with E-state index in [4.69, 9.17) is 0 Å². The van der Waals surface area contributed by atoms with Gasteiger partial charge in [0.1, 0.15) is 0 Å². The minimum atomic E-state index is -3.60. The molecule has 8 heteroatoms. The molecule has 4 rings (SSSR count). The molecule has 3 aromatic carbocycles. The van der Waals surface area contributed by atoms with Gasteiger partial charge in [0.15, 0.2) is 0 Å². The van der Waals surface area contributed by atoms with Crippen LogP contribution in [0.1, 0.15) is 11.1 Å². The number of hydrogen-bond acceptors (Lipinski definition) is 5. The second kappa shape index (κ2) is 9.58. The summed E-state index contributed by atoms with van der Waals surface area (Å²) in [7, 11) is 0.173. The molecule has 3 N–H and O–H groups in total. The standard InChI is InChI=1S/C25H26N4O3S/c1-29(2)17-16-26-33(31,32)20-14-12-19(13-15-20)27-24(18-8-4-3-5-9-18)23-21-10-6-7-11-22(21)28-25(23)30/h3-15,26-27H,16-17H2,1-2H3,(H,28,30). The number of anilines is 2.